The summed E-state index contributed by atoms with van der Waals surface area (Å²) in [6.07, 6.45) is 0. The van der Waals surface area contributed by atoms with Crippen LogP contribution < -0.4 is 0 Å². The third kappa shape index (κ3) is 4.54. The van der Waals surface area contributed by atoms with Gasteiger partial charge in [-0.3, -0.25) is 0 Å². The zero-order chi connectivity index (χ0) is 37.5. The van der Waals surface area contributed by atoms with Crippen molar-refractivity contribution in [2.45, 2.75) is 5.41 Å². The van der Waals surface area contributed by atoms with Gasteiger partial charge in [0, 0.05) is 32.7 Å². The van der Waals surface area contributed by atoms with Crippen LogP contribution in [0.2, 0.25) is 0 Å². The summed E-state index contributed by atoms with van der Waals surface area (Å²) < 4.78 is 12.9. The van der Waals surface area contributed by atoms with Gasteiger partial charge in [0.25, 0.3) is 0 Å². The highest BCUT2D eigenvalue weighted by molar-refractivity contribution is 6.12. The lowest BCUT2D eigenvalue weighted by atomic mass is 9.67. The fraction of sp³-hybridized carbons (Fsp3) is 0.0192. The predicted octanol–water partition coefficient (Wildman–Crippen LogP) is 13.0. The van der Waals surface area contributed by atoms with Crippen LogP contribution in [0, 0.1) is 0 Å². The van der Waals surface area contributed by atoms with Gasteiger partial charge in [0.1, 0.15) is 22.3 Å². The van der Waals surface area contributed by atoms with Crippen LogP contribution in [0.5, 0.6) is 0 Å². The van der Waals surface area contributed by atoms with Gasteiger partial charge in [0.05, 0.1) is 11.0 Å². The molecule has 1 aliphatic carbocycles. The van der Waals surface area contributed by atoms with Crippen LogP contribution in [0.1, 0.15) is 22.3 Å². The topological polar surface area (TPSA) is 65.0 Å². The Kier molecular flexibility index (Phi) is 6.78. The molecule has 0 saturated carbocycles. The zero-order valence-electron chi connectivity index (χ0n) is 30.6. The number of para-hydroxylation sites is 3. The highest BCUT2D eigenvalue weighted by Crippen LogP contribution is 2.58. The number of hydrogen-bond acceptors (Lipinski definition) is 5. The minimum atomic E-state index is -0.565. The van der Waals surface area contributed by atoms with Crippen LogP contribution in [0.3, 0.4) is 0 Å². The minimum absolute atomic E-state index is 0.533. The molecule has 0 fully saturated rings. The molecule has 5 nitrogen and oxygen atoms in total. The number of aromatic nitrogens is 3. The third-order valence-electron chi connectivity index (χ3n) is 11.6. The first-order valence-corrected chi connectivity index (χ1v) is 19.2. The molecule has 0 unspecified atom stereocenters. The van der Waals surface area contributed by atoms with E-state index in [1.165, 1.54) is 22.3 Å². The summed E-state index contributed by atoms with van der Waals surface area (Å²) in [5, 5.41) is 4.04. The summed E-state index contributed by atoms with van der Waals surface area (Å²) in [4.78, 5) is 16.1. The monoisotopic (exact) mass is 729 g/mol. The summed E-state index contributed by atoms with van der Waals surface area (Å²) in [7, 11) is 0. The molecule has 0 saturated heterocycles. The molecule has 5 heteroatoms. The highest BCUT2D eigenvalue weighted by Gasteiger charge is 2.47. The Morgan fingerprint density at radius 2 is 0.825 bits per heavy atom. The van der Waals surface area contributed by atoms with E-state index in [-0.39, 0.29) is 0 Å². The fourth-order valence-electron chi connectivity index (χ4n) is 9.30. The second-order valence-electron chi connectivity index (χ2n) is 14.6. The van der Waals surface area contributed by atoms with Crippen molar-refractivity contribution in [2.75, 3.05) is 0 Å². The Balaban J connectivity index is 1.18. The highest BCUT2D eigenvalue weighted by atomic mass is 16.3. The van der Waals surface area contributed by atoms with Gasteiger partial charge in [0.2, 0.25) is 0 Å². The van der Waals surface area contributed by atoms with E-state index in [2.05, 4.69) is 133 Å². The van der Waals surface area contributed by atoms with E-state index in [4.69, 9.17) is 23.8 Å². The first kappa shape index (κ1) is 31.7. The van der Waals surface area contributed by atoms with Crippen molar-refractivity contribution in [2.24, 2.45) is 0 Å². The largest absolute Gasteiger partial charge is 0.456 e. The molecule has 1 aliphatic rings. The lowest BCUT2D eigenvalue weighted by molar-refractivity contribution is 0.668. The average molecular weight is 730 g/mol. The van der Waals surface area contributed by atoms with Gasteiger partial charge < -0.3 is 8.83 Å². The summed E-state index contributed by atoms with van der Waals surface area (Å²) in [5.74, 6) is 1.67. The molecule has 0 atom stereocenters. The molecule has 3 heterocycles. The standard InChI is InChI=1S/C52H31N3O2/c1-3-16-32(17-4-1)52(33-18-5-2-6-19-33)41-27-10-7-21-36(41)46-38(24-14-28-42(46)52)49-53-50(39-25-15-31-45-47(39)37-22-9-12-30-44(37)56-45)55-51(54-49)40-26-13-23-35-34-20-8-11-29-43(34)57-48(35)40/h1-31H. The normalized spacial score (nSPS) is 13.1. The summed E-state index contributed by atoms with van der Waals surface area (Å²) in [6, 6.07) is 65.6. The van der Waals surface area contributed by atoms with Gasteiger partial charge in [-0.15, -0.1) is 0 Å². The molecule has 266 valence electrons. The van der Waals surface area contributed by atoms with E-state index < -0.39 is 5.41 Å². The van der Waals surface area contributed by atoms with Crippen LogP contribution in [0.15, 0.2) is 197 Å². The molecule has 0 N–H and O–H groups in total. The second kappa shape index (κ2) is 12.2. The van der Waals surface area contributed by atoms with Crippen LogP contribution >= 0.6 is 0 Å². The van der Waals surface area contributed by atoms with Crippen LogP contribution in [0.4, 0.5) is 0 Å². The Bertz CT molecular complexity index is 3320. The SMILES string of the molecule is c1ccc(C2(c3ccccc3)c3ccccc3-c3c(-c4nc(-c5cccc6c5oc5ccccc56)nc(-c5cccc6oc7ccccc7c56)n4)cccc32)cc1. The van der Waals surface area contributed by atoms with E-state index in [1.54, 1.807) is 0 Å². The third-order valence-corrected chi connectivity index (χ3v) is 11.6. The molecule has 57 heavy (non-hydrogen) atoms. The van der Waals surface area contributed by atoms with Crippen LogP contribution in [-0.4, -0.2) is 15.0 Å². The molecule has 12 rings (SSSR count). The second-order valence-corrected chi connectivity index (χ2v) is 14.6. The van der Waals surface area contributed by atoms with E-state index in [1.807, 2.05) is 54.6 Å². The molecule has 11 aromatic rings. The van der Waals surface area contributed by atoms with Crippen LogP contribution in [0.25, 0.3) is 89.2 Å². The Morgan fingerprint density at radius 3 is 1.60 bits per heavy atom. The summed E-state index contributed by atoms with van der Waals surface area (Å²) in [6.45, 7) is 0. The molecule has 0 spiro atoms. The summed E-state index contributed by atoms with van der Waals surface area (Å²) in [5.41, 5.74) is 12.3. The van der Waals surface area contributed by atoms with Gasteiger partial charge in [-0.05, 0) is 57.6 Å². The Hall–Kier alpha value is -7.63. The summed E-state index contributed by atoms with van der Waals surface area (Å²) >= 11 is 0. The van der Waals surface area contributed by atoms with Crippen molar-refractivity contribution in [3.05, 3.63) is 210 Å². The van der Waals surface area contributed by atoms with Crippen molar-refractivity contribution in [3.8, 4) is 45.3 Å². The lowest BCUT2D eigenvalue weighted by Gasteiger charge is -2.33. The molecular weight excluding hydrogens is 699 g/mol. The first-order chi connectivity index (χ1) is 28.3. The molecule has 3 aromatic heterocycles. The number of benzene rings is 8. The van der Waals surface area contributed by atoms with Crippen molar-refractivity contribution in [1.29, 1.82) is 0 Å². The lowest BCUT2D eigenvalue weighted by Crippen LogP contribution is -2.28. The molecule has 0 amide bonds. The van der Waals surface area contributed by atoms with Crippen molar-refractivity contribution < 1.29 is 8.83 Å². The number of rotatable bonds is 5. The van der Waals surface area contributed by atoms with E-state index in [0.29, 0.717) is 17.5 Å². The molecule has 0 radical (unpaired) electrons. The average Bonchev–Trinajstić information content (AvgIpc) is 3.95. The smallest absolute Gasteiger partial charge is 0.167 e. The van der Waals surface area contributed by atoms with E-state index in [0.717, 1.165) is 71.7 Å². The maximum absolute atomic E-state index is 6.58. The predicted molar refractivity (Wildman–Crippen MR) is 228 cm³/mol. The van der Waals surface area contributed by atoms with Gasteiger partial charge >= 0.3 is 0 Å². The fourth-order valence-corrected chi connectivity index (χ4v) is 9.30. The van der Waals surface area contributed by atoms with Crippen molar-refractivity contribution in [1.82, 2.24) is 15.0 Å². The number of furan rings is 2. The number of hydrogen-bond donors (Lipinski definition) is 0. The van der Waals surface area contributed by atoms with Crippen molar-refractivity contribution >= 4 is 43.9 Å². The number of fused-ring (bicyclic) bond motifs is 9. The Morgan fingerprint density at radius 1 is 0.333 bits per heavy atom. The maximum atomic E-state index is 6.58. The molecular formula is C52H31N3O2. The quantitative estimate of drug-likeness (QED) is 0.176. The maximum Gasteiger partial charge on any atom is 0.167 e. The van der Waals surface area contributed by atoms with Gasteiger partial charge in [0.15, 0.2) is 17.5 Å². The first-order valence-electron chi connectivity index (χ1n) is 19.2. The van der Waals surface area contributed by atoms with Crippen LogP contribution in [-0.2, 0) is 5.41 Å². The Labute approximate surface area is 327 Å². The molecule has 0 aliphatic heterocycles. The van der Waals surface area contributed by atoms with Gasteiger partial charge in [-0.25, -0.2) is 15.0 Å². The number of nitrogens with zero attached hydrogens (tertiary/aromatic N) is 3. The van der Waals surface area contributed by atoms with Gasteiger partial charge in [-0.2, -0.15) is 0 Å². The molecule has 8 aromatic carbocycles. The van der Waals surface area contributed by atoms with Crippen molar-refractivity contribution in [3.63, 3.8) is 0 Å². The van der Waals surface area contributed by atoms with Gasteiger partial charge in [-0.1, -0.05) is 164 Å². The molecule has 0 bridgehead atoms. The zero-order valence-corrected chi connectivity index (χ0v) is 30.6. The van der Waals surface area contributed by atoms with E-state index in [9.17, 15) is 0 Å². The van der Waals surface area contributed by atoms with E-state index >= 15 is 0 Å². The minimum Gasteiger partial charge on any atom is -0.456 e.